The van der Waals surface area contributed by atoms with E-state index in [1.54, 1.807) is 23.2 Å². The predicted molar refractivity (Wildman–Crippen MR) is 80.1 cm³/mol. The number of likely N-dealkylation sites (N-methyl/N-ethyl adjacent to an activating group) is 1. The SMILES string of the molecule is CC(=O)N(CC[NH+](C)C)c1nc2ccc(C)cc2s1. The van der Waals surface area contributed by atoms with Crippen LogP contribution in [0, 0.1) is 6.92 Å². The number of carbonyl (C=O) groups is 1. The van der Waals surface area contributed by atoms with Gasteiger partial charge in [0.15, 0.2) is 5.13 Å². The topological polar surface area (TPSA) is 37.6 Å². The first-order valence-electron chi connectivity index (χ1n) is 6.41. The Kier molecular flexibility index (Phi) is 4.17. The van der Waals surface area contributed by atoms with Crippen LogP contribution in [-0.4, -0.2) is 38.1 Å². The molecule has 0 unspecified atom stereocenters. The average Bonchev–Trinajstić information content (AvgIpc) is 2.70. The first-order chi connectivity index (χ1) is 8.97. The number of aromatic nitrogens is 1. The van der Waals surface area contributed by atoms with Crippen LogP contribution in [0.25, 0.3) is 10.2 Å². The van der Waals surface area contributed by atoms with Crippen molar-refractivity contribution in [1.82, 2.24) is 4.98 Å². The minimum Gasteiger partial charge on any atom is -0.338 e. The van der Waals surface area contributed by atoms with Crippen LogP contribution in [0.2, 0.25) is 0 Å². The smallest absolute Gasteiger partial charge is 0.225 e. The van der Waals surface area contributed by atoms with E-state index in [1.807, 2.05) is 12.1 Å². The van der Waals surface area contributed by atoms with Crippen molar-refractivity contribution in [3.63, 3.8) is 0 Å². The Balaban J connectivity index is 2.30. The van der Waals surface area contributed by atoms with Crippen molar-refractivity contribution in [2.45, 2.75) is 13.8 Å². The van der Waals surface area contributed by atoms with Crippen LogP contribution in [0.5, 0.6) is 0 Å². The van der Waals surface area contributed by atoms with Crippen molar-refractivity contribution in [3.05, 3.63) is 23.8 Å². The Morgan fingerprint density at radius 3 is 2.79 bits per heavy atom. The van der Waals surface area contributed by atoms with Crippen molar-refractivity contribution in [3.8, 4) is 0 Å². The molecule has 0 saturated carbocycles. The molecule has 19 heavy (non-hydrogen) atoms. The number of hydrogen-bond acceptors (Lipinski definition) is 3. The Labute approximate surface area is 117 Å². The molecule has 0 radical (unpaired) electrons. The fraction of sp³-hybridized carbons (Fsp3) is 0.429. The number of quaternary nitrogens is 1. The summed E-state index contributed by atoms with van der Waals surface area (Å²) in [6.07, 6.45) is 0. The van der Waals surface area contributed by atoms with Crippen LogP contribution >= 0.6 is 11.3 Å². The zero-order valence-electron chi connectivity index (χ0n) is 11.9. The van der Waals surface area contributed by atoms with Crippen LogP contribution in [-0.2, 0) is 4.79 Å². The van der Waals surface area contributed by atoms with Crippen LogP contribution in [0.15, 0.2) is 18.2 Å². The van der Waals surface area contributed by atoms with E-state index in [1.165, 1.54) is 10.5 Å². The summed E-state index contributed by atoms with van der Waals surface area (Å²) in [6, 6.07) is 6.18. The van der Waals surface area contributed by atoms with E-state index in [4.69, 9.17) is 0 Å². The molecule has 0 spiro atoms. The van der Waals surface area contributed by atoms with Gasteiger partial charge in [0.1, 0.15) is 0 Å². The number of aryl methyl sites for hydroxylation is 1. The second-order valence-corrected chi connectivity index (χ2v) is 6.10. The number of thiazole rings is 1. The molecule has 0 aliphatic rings. The van der Waals surface area contributed by atoms with Crippen molar-refractivity contribution in [2.75, 3.05) is 32.1 Å². The molecule has 0 bridgehead atoms. The number of amides is 1. The molecule has 2 rings (SSSR count). The molecule has 4 nitrogen and oxygen atoms in total. The second-order valence-electron chi connectivity index (χ2n) is 5.10. The normalized spacial score (nSPS) is 11.2. The summed E-state index contributed by atoms with van der Waals surface area (Å²) in [6.45, 7) is 5.28. The van der Waals surface area contributed by atoms with Crippen LogP contribution in [0.3, 0.4) is 0 Å². The minimum atomic E-state index is 0.0528. The lowest BCUT2D eigenvalue weighted by molar-refractivity contribution is -0.856. The molecule has 1 amide bonds. The number of fused-ring (bicyclic) bond motifs is 1. The number of anilines is 1. The third-order valence-corrected chi connectivity index (χ3v) is 4.02. The van der Waals surface area contributed by atoms with Crippen molar-refractivity contribution in [2.24, 2.45) is 0 Å². The molecular formula is C14H20N3OS+. The van der Waals surface area contributed by atoms with Gasteiger partial charge in [0, 0.05) is 6.92 Å². The van der Waals surface area contributed by atoms with Gasteiger partial charge in [-0.2, -0.15) is 0 Å². The van der Waals surface area contributed by atoms with Gasteiger partial charge in [-0.3, -0.25) is 9.69 Å². The number of rotatable bonds is 4. The predicted octanol–water partition coefficient (Wildman–Crippen LogP) is 1.10. The quantitative estimate of drug-likeness (QED) is 0.909. The first-order valence-corrected chi connectivity index (χ1v) is 7.23. The monoisotopic (exact) mass is 278 g/mol. The van der Waals surface area contributed by atoms with Gasteiger partial charge >= 0.3 is 0 Å². The molecule has 0 saturated heterocycles. The lowest BCUT2D eigenvalue weighted by atomic mass is 10.2. The minimum absolute atomic E-state index is 0.0528. The van der Waals surface area contributed by atoms with Gasteiger partial charge in [-0.1, -0.05) is 17.4 Å². The maximum Gasteiger partial charge on any atom is 0.225 e. The zero-order valence-corrected chi connectivity index (χ0v) is 12.7. The highest BCUT2D eigenvalue weighted by atomic mass is 32.1. The average molecular weight is 278 g/mol. The van der Waals surface area contributed by atoms with Gasteiger partial charge in [0.25, 0.3) is 0 Å². The van der Waals surface area contributed by atoms with Crippen molar-refractivity contribution in [1.29, 1.82) is 0 Å². The lowest BCUT2D eigenvalue weighted by Crippen LogP contribution is -3.06. The molecule has 102 valence electrons. The summed E-state index contributed by atoms with van der Waals surface area (Å²) >= 11 is 1.58. The molecule has 2 aromatic rings. The summed E-state index contributed by atoms with van der Waals surface area (Å²) in [5.74, 6) is 0.0528. The molecule has 1 heterocycles. The Morgan fingerprint density at radius 1 is 1.42 bits per heavy atom. The van der Waals surface area contributed by atoms with Gasteiger partial charge in [-0.15, -0.1) is 0 Å². The fourth-order valence-corrected chi connectivity index (χ4v) is 2.99. The molecule has 0 aliphatic carbocycles. The summed E-state index contributed by atoms with van der Waals surface area (Å²) < 4.78 is 1.14. The second kappa shape index (κ2) is 5.67. The number of carbonyl (C=O) groups excluding carboxylic acids is 1. The maximum absolute atomic E-state index is 11.8. The summed E-state index contributed by atoms with van der Waals surface area (Å²) in [4.78, 5) is 19.4. The van der Waals surface area contributed by atoms with Crippen LogP contribution in [0.4, 0.5) is 5.13 Å². The van der Waals surface area contributed by atoms with E-state index in [2.05, 4.69) is 32.1 Å². The molecule has 0 aliphatic heterocycles. The third kappa shape index (κ3) is 3.30. The summed E-state index contributed by atoms with van der Waals surface area (Å²) in [5, 5.41) is 0.800. The van der Waals surface area contributed by atoms with Crippen LogP contribution < -0.4 is 9.80 Å². The molecule has 0 fully saturated rings. The first kappa shape index (κ1) is 14.0. The third-order valence-electron chi connectivity index (χ3n) is 2.98. The Hall–Kier alpha value is -1.46. The van der Waals surface area contributed by atoms with Gasteiger partial charge in [-0.25, -0.2) is 4.98 Å². The van der Waals surface area contributed by atoms with E-state index in [0.29, 0.717) is 6.54 Å². The molecule has 5 heteroatoms. The zero-order chi connectivity index (χ0) is 14.0. The summed E-state index contributed by atoms with van der Waals surface area (Å²) in [7, 11) is 4.17. The summed E-state index contributed by atoms with van der Waals surface area (Å²) in [5.41, 5.74) is 2.18. The fourth-order valence-electron chi connectivity index (χ4n) is 1.86. The van der Waals surface area contributed by atoms with E-state index < -0.39 is 0 Å². The van der Waals surface area contributed by atoms with Gasteiger partial charge in [0.05, 0.1) is 37.4 Å². The number of nitrogens with zero attached hydrogens (tertiary/aromatic N) is 2. The highest BCUT2D eigenvalue weighted by Crippen LogP contribution is 2.29. The highest BCUT2D eigenvalue weighted by Gasteiger charge is 2.17. The molecular weight excluding hydrogens is 258 g/mol. The molecule has 0 atom stereocenters. The standard InChI is InChI=1S/C14H19N3OS/c1-10-5-6-12-13(9-10)19-14(15-12)17(11(2)18)8-7-16(3)4/h5-6,9H,7-8H2,1-4H3/p+1. The molecule has 1 aromatic carbocycles. The lowest BCUT2D eigenvalue weighted by Gasteiger charge is -2.18. The van der Waals surface area contributed by atoms with Gasteiger partial charge in [0.2, 0.25) is 5.91 Å². The Bertz CT molecular complexity index is 591. The van der Waals surface area contributed by atoms with E-state index in [9.17, 15) is 4.79 Å². The van der Waals surface area contributed by atoms with Crippen molar-refractivity contribution < 1.29 is 9.69 Å². The number of benzene rings is 1. The van der Waals surface area contributed by atoms with E-state index in [-0.39, 0.29) is 5.91 Å². The largest absolute Gasteiger partial charge is 0.338 e. The maximum atomic E-state index is 11.8. The van der Waals surface area contributed by atoms with E-state index >= 15 is 0 Å². The van der Waals surface area contributed by atoms with E-state index in [0.717, 1.165) is 21.9 Å². The van der Waals surface area contributed by atoms with Crippen LogP contribution in [0.1, 0.15) is 12.5 Å². The van der Waals surface area contributed by atoms with Gasteiger partial charge < -0.3 is 4.90 Å². The Morgan fingerprint density at radius 2 is 2.16 bits per heavy atom. The number of nitrogens with one attached hydrogen (secondary N) is 1. The highest BCUT2D eigenvalue weighted by molar-refractivity contribution is 7.22. The number of hydrogen-bond donors (Lipinski definition) is 1. The molecule has 1 aromatic heterocycles. The molecule has 1 N–H and O–H groups in total. The van der Waals surface area contributed by atoms with Crippen molar-refractivity contribution >= 4 is 32.6 Å². The van der Waals surface area contributed by atoms with Gasteiger partial charge in [-0.05, 0) is 24.6 Å².